The topological polar surface area (TPSA) is 73.1 Å². The first-order chi connectivity index (χ1) is 9.02. The minimum atomic E-state index is -2.85. The quantitative estimate of drug-likeness (QED) is 0.845. The lowest BCUT2D eigenvalue weighted by atomic mass is 10.3. The van der Waals surface area contributed by atoms with Gasteiger partial charge in [0, 0.05) is 11.8 Å². The average molecular weight is 287 g/mol. The lowest BCUT2D eigenvalue weighted by Gasteiger charge is -2.08. The molecule has 1 heterocycles. The van der Waals surface area contributed by atoms with Gasteiger partial charge in [-0.3, -0.25) is 0 Å². The minimum Gasteiger partial charge on any atom is -0.435 e. The maximum atomic E-state index is 12.0. The summed E-state index contributed by atoms with van der Waals surface area (Å²) in [6.07, 6.45) is 0. The molecule has 1 aromatic carbocycles. The molecule has 100 valence electrons. The zero-order valence-electron chi connectivity index (χ0n) is 9.48. The Hall–Kier alpha value is -2.15. The van der Waals surface area contributed by atoms with Gasteiger partial charge in [0.05, 0.1) is 0 Å². The van der Waals surface area contributed by atoms with E-state index in [0.29, 0.717) is 11.5 Å². The first-order valence-electron chi connectivity index (χ1n) is 5.15. The first kappa shape index (κ1) is 13.3. The Morgan fingerprint density at radius 2 is 1.89 bits per heavy atom. The van der Waals surface area contributed by atoms with Gasteiger partial charge in [-0.25, -0.2) is 4.98 Å². The summed E-state index contributed by atoms with van der Waals surface area (Å²) in [7, 11) is 0. The number of hydrogen-bond donors (Lipinski definition) is 2. The van der Waals surface area contributed by atoms with Crippen LogP contribution in [0.25, 0.3) is 0 Å². The summed E-state index contributed by atoms with van der Waals surface area (Å²) >= 11 is 5.72. The number of halogens is 3. The summed E-state index contributed by atoms with van der Waals surface area (Å²) in [5.74, 6) is 0.508. The van der Waals surface area contributed by atoms with Crippen molar-refractivity contribution in [3.05, 3.63) is 35.5 Å². The highest BCUT2D eigenvalue weighted by atomic mass is 35.5. The van der Waals surface area contributed by atoms with Gasteiger partial charge in [-0.05, 0) is 24.3 Å². The lowest BCUT2D eigenvalue weighted by molar-refractivity contribution is -0.0498. The number of benzene rings is 1. The Morgan fingerprint density at radius 3 is 2.47 bits per heavy atom. The largest absolute Gasteiger partial charge is 0.435 e. The van der Waals surface area contributed by atoms with Gasteiger partial charge in [0.15, 0.2) is 0 Å². The van der Waals surface area contributed by atoms with Crippen LogP contribution in [0.5, 0.6) is 5.75 Å². The third-order valence-electron chi connectivity index (χ3n) is 2.06. The molecular weight excluding hydrogens is 278 g/mol. The standard InChI is InChI=1S/C11H9ClF2N4O/c12-8-5-9(18-11(15)17-8)16-6-1-3-7(4-2-6)19-10(13)14/h1-5,10H,(H3,15,16,17,18). The Balaban J connectivity index is 2.10. The van der Waals surface area contributed by atoms with Crippen LogP contribution in [0.15, 0.2) is 30.3 Å². The molecule has 0 amide bonds. The van der Waals surface area contributed by atoms with Gasteiger partial charge < -0.3 is 15.8 Å². The highest BCUT2D eigenvalue weighted by Crippen LogP contribution is 2.21. The third kappa shape index (κ3) is 3.92. The van der Waals surface area contributed by atoms with Crippen molar-refractivity contribution in [1.29, 1.82) is 0 Å². The summed E-state index contributed by atoms with van der Waals surface area (Å²) in [6.45, 7) is -2.85. The smallest absolute Gasteiger partial charge is 0.387 e. The number of ether oxygens (including phenoxy) is 1. The molecule has 0 aliphatic heterocycles. The van der Waals surface area contributed by atoms with Crippen molar-refractivity contribution >= 4 is 29.1 Å². The van der Waals surface area contributed by atoms with Gasteiger partial charge in [-0.15, -0.1) is 0 Å². The average Bonchev–Trinajstić information content (AvgIpc) is 2.29. The highest BCUT2D eigenvalue weighted by Gasteiger charge is 2.05. The fourth-order valence-electron chi connectivity index (χ4n) is 1.37. The predicted molar refractivity (Wildman–Crippen MR) is 67.8 cm³/mol. The number of nitrogens with zero attached hydrogens (tertiary/aromatic N) is 2. The summed E-state index contributed by atoms with van der Waals surface area (Å²) in [5, 5.41) is 3.11. The number of rotatable bonds is 4. The molecule has 0 unspecified atom stereocenters. The molecule has 19 heavy (non-hydrogen) atoms. The Bertz CT molecular complexity index is 545. The van der Waals surface area contributed by atoms with Crippen LogP contribution in [0.1, 0.15) is 0 Å². The van der Waals surface area contributed by atoms with E-state index in [9.17, 15) is 8.78 Å². The van der Waals surface area contributed by atoms with Gasteiger partial charge in [0.1, 0.15) is 16.7 Å². The molecule has 0 aliphatic rings. The van der Waals surface area contributed by atoms with Crippen molar-refractivity contribution < 1.29 is 13.5 Å². The van der Waals surface area contributed by atoms with Gasteiger partial charge in [-0.1, -0.05) is 11.6 Å². The number of nitrogen functional groups attached to an aromatic ring is 1. The van der Waals surface area contributed by atoms with Crippen LogP contribution in [0.4, 0.5) is 26.2 Å². The Morgan fingerprint density at radius 1 is 1.21 bits per heavy atom. The number of aromatic nitrogens is 2. The fraction of sp³-hybridized carbons (Fsp3) is 0.0909. The molecule has 0 radical (unpaired) electrons. The van der Waals surface area contributed by atoms with E-state index in [4.69, 9.17) is 17.3 Å². The van der Waals surface area contributed by atoms with E-state index in [1.807, 2.05) is 0 Å². The minimum absolute atomic E-state index is 0.0349. The van der Waals surface area contributed by atoms with Crippen LogP contribution in [0, 0.1) is 0 Å². The second-order valence-corrected chi connectivity index (χ2v) is 3.85. The molecule has 0 bridgehead atoms. The molecule has 0 fully saturated rings. The van der Waals surface area contributed by atoms with Crippen molar-refractivity contribution in [2.24, 2.45) is 0 Å². The zero-order chi connectivity index (χ0) is 13.8. The van der Waals surface area contributed by atoms with Gasteiger partial charge in [0.25, 0.3) is 0 Å². The van der Waals surface area contributed by atoms with E-state index in [1.54, 1.807) is 12.1 Å². The summed E-state index contributed by atoms with van der Waals surface area (Å²) in [6, 6.07) is 7.41. The fourth-order valence-corrected chi connectivity index (χ4v) is 1.56. The van der Waals surface area contributed by atoms with Gasteiger partial charge >= 0.3 is 6.61 Å². The van der Waals surface area contributed by atoms with Crippen LogP contribution in [-0.2, 0) is 0 Å². The normalized spacial score (nSPS) is 10.5. The SMILES string of the molecule is Nc1nc(Cl)cc(Nc2ccc(OC(F)F)cc2)n1. The van der Waals surface area contributed by atoms with Gasteiger partial charge in [-0.2, -0.15) is 13.8 Å². The lowest BCUT2D eigenvalue weighted by Crippen LogP contribution is -2.02. The zero-order valence-corrected chi connectivity index (χ0v) is 10.2. The van der Waals surface area contributed by atoms with Crippen molar-refractivity contribution in [3.8, 4) is 5.75 Å². The molecule has 0 aliphatic carbocycles. The number of hydrogen-bond acceptors (Lipinski definition) is 5. The molecule has 8 heteroatoms. The first-order valence-corrected chi connectivity index (χ1v) is 5.53. The number of anilines is 3. The van der Waals surface area contributed by atoms with E-state index in [1.165, 1.54) is 18.2 Å². The predicted octanol–water partition coefficient (Wildman–Crippen LogP) is 3.06. The third-order valence-corrected chi connectivity index (χ3v) is 2.26. The van der Waals surface area contributed by atoms with E-state index < -0.39 is 6.61 Å². The molecule has 5 nitrogen and oxygen atoms in total. The maximum absolute atomic E-state index is 12.0. The number of nitrogens with two attached hydrogens (primary N) is 1. The molecule has 2 aromatic rings. The second kappa shape index (κ2) is 5.66. The van der Waals surface area contributed by atoms with Crippen molar-refractivity contribution in [2.75, 3.05) is 11.1 Å². The molecule has 3 N–H and O–H groups in total. The van der Waals surface area contributed by atoms with E-state index in [0.717, 1.165) is 0 Å². The molecule has 0 spiro atoms. The van der Waals surface area contributed by atoms with Crippen molar-refractivity contribution in [2.45, 2.75) is 6.61 Å². The maximum Gasteiger partial charge on any atom is 0.387 e. The highest BCUT2D eigenvalue weighted by molar-refractivity contribution is 6.29. The van der Waals surface area contributed by atoms with Crippen molar-refractivity contribution in [1.82, 2.24) is 9.97 Å². The summed E-state index contributed by atoms with van der Waals surface area (Å²) in [5.41, 5.74) is 6.06. The van der Waals surface area contributed by atoms with E-state index >= 15 is 0 Å². The molecule has 0 saturated carbocycles. The van der Waals surface area contributed by atoms with Crippen LogP contribution in [0.3, 0.4) is 0 Å². The van der Waals surface area contributed by atoms with Crippen LogP contribution in [-0.4, -0.2) is 16.6 Å². The van der Waals surface area contributed by atoms with Crippen LogP contribution in [0.2, 0.25) is 5.15 Å². The number of alkyl halides is 2. The molecule has 1 aromatic heterocycles. The Kier molecular flexibility index (Phi) is 3.96. The summed E-state index contributed by atoms with van der Waals surface area (Å²) < 4.78 is 28.2. The van der Waals surface area contributed by atoms with E-state index in [2.05, 4.69) is 20.0 Å². The monoisotopic (exact) mass is 286 g/mol. The molecular formula is C11H9ClF2N4O. The number of nitrogens with one attached hydrogen (secondary N) is 1. The molecule has 0 saturated heterocycles. The van der Waals surface area contributed by atoms with E-state index in [-0.39, 0.29) is 16.9 Å². The van der Waals surface area contributed by atoms with Crippen LogP contribution < -0.4 is 15.8 Å². The van der Waals surface area contributed by atoms with Crippen LogP contribution >= 0.6 is 11.6 Å². The van der Waals surface area contributed by atoms with Crippen molar-refractivity contribution in [3.63, 3.8) is 0 Å². The van der Waals surface area contributed by atoms with Gasteiger partial charge in [0.2, 0.25) is 5.95 Å². The Labute approximate surface area is 112 Å². The molecule has 0 atom stereocenters. The molecule has 2 rings (SSSR count). The summed E-state index contributed by atoms with van der Waals surface area (Å²) in [4.78, 5) is 7.63. The second-order valence-electron chi connectivity index (χ2n) is 3.46.